The van der Waals surface area contributed by atoms with Gasteiger partial charge in [0, 0.05) is 0 Å². The standard InChI is InChI=1S/C14H23/c1-2-4-6-8-10-12-14-13-11-9-7-5-3-1/h1-2,9-11H,3-8,12-14H2. The highest BCUT2D eigenvalue weighted by atomic mass is 14.0. The Morgan fingerprint density at radius 2 is 0.786 bits per heavy atom. The molecular formula is C14H23. The second-order valence-corrected chi connectivity index (χ2v) is 4.02. The Kier molecular flexibility index (Phi) is 7.47. The number of rotatable bonds is 0. The molecule has 0 atom stereocenters. The molecular weight excluding hydrogens is 168 g/mol. The fourth-order valence-electron chi connectivity index (χ4n) is 1.73. The molecule has 0 aromatic rings. The second-order valence-electron chi connectivity index (χ2n) is 4.02. The third-order valence-electron chi connectivity index (χ3n) is 2.63. The maximum absolute atomic E-state index is 2.45. The summed E-state index contributed by atoms with van der Waals surface area (Å²) >= 11 is 0. The quantitative estimate of drug-likeness (QED) is 0.481. The first-order chi connectivity index (χ1) is 7.00. The topological polar surface area (TPSA) is 0 Å². The lowest BCUT2D eigenvalue weighted by molar-refractivity contribution is 0.734. The molecule has 1 aliphatic carbocycles. The molecule has 0 bridgehead atoms. The Morgan fingerprint density at radius 1 is 0.429 bits per heavy atom. The van der Waals surface area contributed by atoms with Gasteiger partial charge in [0.1, 0.15) is 0 Å². The number of hydrogen-bond donors (Lipinski definition) is 0. The first kappa shape index (κ1) is 11.6. The lowest BCUT2D eigenvalue weighted by Gasteiger charge is -1.99. The molecule has 0 aliphatic heterocycles. The summed E-state index contributed by atoms with van der Waals surface area (Å²) in [4.78, 5) is 0. The van der Waals surface area contributed by atoms with Crippen molar-refractivity contribution in [2.24, 2.45) is 0 Å². The molecule has 0 spiro atoms. The first-order valence-corrected chi connectivity index (χ1v) is 6.12. The molecule has 0 amide bonds. The minimum absolute atomic E-state index is 1.26. The van der Waals surface area contributed by atoms with E-state index in [1.54, 1.807) is 0 Å². The fraction of sp³-hybridized carbons (Fsp3) is 0.643. The summed E-state index contributed by atoms with van der Waals surface area (Å²) in [6, 6.07) is 0. The van der Waals surface area contributed by atoms with Crippen LogP contribution in [0.15, 0.2) is 24.3 Å². The van der Waals surface area contributed by atoms with Gasteiger partial charge in [-0.1, -0.05) is 24.3 Å². The predicted octanol–water partition coefficient (Wildman–Crippen LogP) is 4.83. The van der Waals surface area contributed by atoms with Crippen LogP contribution in [0.1, 0.15) is 57.8 Å². The monoisotopic (exact) mass is 191 g/mol. The molecule has 1 radical (unpaired) electrons. The van der Waals surface area contributed by atoms with Crippen molar-refractivity contribution in [2.45, 2.75) is 57.8 Å². The zero-order chi connectivity index (χ0) is 9.90. The van der Waals surface area contributed by atoms with Gasteiger partial charge in [0.2, 0.25) is 0 Å². The zero-order valence-electron chi connectivity index (χ0n) is 9.25. The van der Waals surface area contributed by atoms with E-state index in [2.05, 4.69) is 30.7 Å². The van der Waals surface area contributed by atoms with E-state index < -0.39 is 0 Å². The van der Waals surface area contributed by atoms with Gasteiger partial charge in [-0.05, 0) is 64.2 Å². The first-order valence-electron chi connectivity index (χ1n) is 6.12. The van der Waals surface area contributed by atoms with Gasteiger partial charge >= 0.3 is 0 Å². The van der Waals surface area contributed by atoms with Crippen LogP contribution in [0.3, 0.4) is 0 Å². The van der Waals surface area contributed by atoms with Gasteiger partial charge in [0.25, 0.3) is 0 Å². The smallest absolute Gasteiger partial charge is 0.0348 e. The molecule has 1 aliphatic rings. The molecule has 0 N–H and O–H groups in total. The van der Waals surface area contributed by atoms with E-state index in [0.29, 0.717) is 0 Å². The van der Waals surface area contributed by atoms with Gasteiger partial charge in [-0.25, -0.2) is 0 Å². The summed E-state index contributed by atoms with van der Waals surface area (Å²) in [5.41, 5.74) is 0. The van der Waals surface area contributed by atoms with E-state index >= 15 is 0 Å². The van der Waals surface area contributed by atoms with Crippen molar-refractivity contribution >= 4 is 0 Å². The molecule has 0 saturated heterocycles. The van der Waals surface area contributed by atoms with Crippen LogP contribution in [0.25, 0.3) is 0 Å². The summed E-state index contributed by atoms with van der Waals surface area (Å²) < 4.78 is 0. The van der Waals surface area contributed by atoms with Crippen molar-refractivity contribution < 1.29 is 0 Å². The van der Waals surface area contributed by atoms with Gasteiger partial charge < -0.3 is 0 Å². The van der Waals surface area contributed by atoms with Crippen LogP contribution in [-0.4, -0.2) is 0 Å². The van der Waals surface area contributed by atoms with E-state index in [1.807, 2.05) is 0 Å². The van der Waals surface area contributed by atoms with Gasteiger partial charge in [0.05, 0.1) is 0 Å². The van der Waals surface area contributed by atoms with Crippen LogP contribution in [0.4, 0.5) is 0 Å². The third kappa shape index (κ3) is 6.94. The Bertz CT molecular complexity index is 147. The minimum Gasteiger partial charge on any atom is -0.0885 e. The highest BCUT2D eigenvalue weighted by molar-refractivity contribution is 4.86. The van der Waals surface area contributed by atoms with Crippen LogP contribution in [0.5, 0.6) is 0 Å². The van der Waals surface area contributed by atoms with E-state index in [-0.39, 0.29) is 0 Å². The van der Waals surface area contributed by atoms with Crippen molar-refractivity contribution in [3.8, 4) is 0 Å². The van der Waals surface area contributed by atoms with Crippen molar-refractivity contribution in [2.75, 3.05) is 0 Å². The predicted molar refractivity (Wildman–Crippen MR) is 64.1 cm³/mol. The largest absolute Gasteiger partial charge is 0.0885 e. The molecule has 0 heteroatoms. The van der Waals surface area contributed by atoms with Crippen molar-refractivity contribution in [1.29, 1.82) is 0 Å². The zero-order valence-corrected chi connectivity index (χ0v) is 9.25. The molecule has 79 valence electrons. The molecule has 0 unspecified atom stereocenters. The molecule has 0 nitrogen and oxygen atoms in total. The molecule has 1 rings (SSSR count). The average Bonchev–Trinajstić information content (AvgIpc) is 2.22. The lowest BCUT2D eigenvalue weighted by Crippen LogP contribution is -1.80. The lowest BCUT2D eigenvalue weighted by atomic mass is 10.1. The Balaban J connectivity index is 2.16. The molecule has 0 saturated carbocycles. The van der Waals surface area contributed by atoms with Crippen molar-refractivity contribution in [3.63, 3.8) is 0 Å². The fourth-order valence-corrected chi connectivity index (χ4v) is 1.73. The molecule has 0 aromatic heterocycles. The van der Waals surface area contributed by atoms with E-state index in [0.717, 1.165) is 0 Å². The van der Waals surface area contributed by atoms with Crippen LogP contribution in [0, 0.1) is 6.42 Å². The molecule has 0 fully saturated rings. The minimum atomic E-state index is 1.26. The summed E-state index contributed by atoms with van der Waals surface area (Å²) in [5.74, 6) is 0. The number of hydrogen-bond acceptors (Lipinski definition) is 0. The highest BCUT2D eigenvalue weighted by Gasteiger charge is 1.90. The third-order valence-corrected chi connectivity index (χ3v) is 2.63. The van der Waals surface area contributed by atoms with Crippen LogP contribution in [0.2, 0.25) is 0 Å². The molecule has 0 aromatic carbocycles. The maximum atomic E-state index is 2.45. The Hall–Kier alpha value is -0.520. The van der Waals surface area contributed by atoms with E-state index in [4.69, 9.17) is 0 Å². The highest BCUT2D eigenvalue weighted by Crippen LogP contribution is 2.09. The van der Waals surface area contributed by atoms with E-state index in [1.165, 1.54) is 57.8 Å². The average molecular weight is 191 g/mol. The van der Waals surface area contributed by atoms with Gasteiger partial charge in [-0.2, -0.15) is 0 Å². The summed E-state index contributed by atoms with van der Waals surface area (Å²) in [5, 5.41) is 0. The van der Waals surface area contributed by atoms with Gasteiger partial charge in [0.15, 0.2) is 0 Å². The van der Waals surface area contributed by atoms with Crippen LogP contribution in [-0.2, 0) is 0 Å². The SMILES string of the molecule is [CH]1CCCC=CCCCC=CCCC1. The summed E-state index contributed by atoms with van der Waals surface area (Å²) in [6.45, 7) is 0. The second kappa shape index (κ2) is 9.05. The Labute approximate surface area is 89.1 Å². The van der Waals surface area contributed by atoms with Crippen molar-refractivity contribution in [1.82, 2.24) is 0 Å². The van der Waals surface area contributed by atoms with Gasteiger partial charge in [-0.15, -0.1) is 0 Å². The van der Waals surface area contributed by atoms with Crippen LogP contribution < -0.4 is 0 Å². The summed E-state index contributed by atoms with van der Waals surface area (Å²) in [7, 11) is 0. The molecule has 14 heavy (non-hydrogen) atoms. The van der Waals surface area contributed by atoms with Crippen LogP contribution >= 0.6 is 0 Å². The number of allylic oxidation sites excluding steroid dienone is 4. The maximum Gasteiger partial charge on any atom is -0.0348 e. The molecule has 0 heterocycles. The Morgan fingerprint density at radius 3 is 1.21 bits per heavy atom. The van der Waals surface area contributed by atoms with E-state index in [9.17, 15) is 0 Å². The normalized spacial score (nSPS) is 21.7. The summed E-state index contributed by atoms with van der Waals surface area (Å²) in [6.07, 6.45) is 23.5. The van der Waals surface area contributed by atoms with Crippen molar-refractivity contribution in [3.05, 3.63) is 30.7 Å². The van der Waals surface area contributed by atoms with Gasteiger partial charge in [-0.3, -0.25) is 0 Å².